The summed E-state index contributed by atoms with van der Waals surface area (Å²) in [6.07, 6.45) is 6.14. The van der Waals surface area contributed by atoms with Gasteiger partial charge in [0.2, 0.25) is 65.0 Å². The van der Waals surface area contributed by atoms with Crippen LogP contribution in [0, 0.1) is 23.7 Å². The van der Waals surface area contributed by atoms with Crippen LogP contribution in [-0.2, 0) is 65.3 Å². The van der Waals surface area contributed by atoms with Gasteiger partial charge in [0.15, 0.2) is 0 Å². The average molecular weight is 1340 g/mol. The molecule has 3 saturated carbocycles. The second-order valence-corrected chi connectivity index (χ2v) is 28.6. The van der Waals surface area contributed by atoms with Crippen LogP contribution in [0.2, 0.25) is 5.02 Å². The zero-order chi connectivity index (χ0) is 69.3. The van der Waals surface area contributed by atoms with E-state index in [9.17, 15) is 56.3 Å². The lowest BCUT2D eigenvalue weighted by Crippen LogP contribution is -2.65. The SMILES string of the molecule is CC[C@H](C)[C@@H]1NC(=O)[C@H](C2CCCCC2)N(C)C(=O)C[C@@H](C)NC(=O)[C@H](C(C)C)N(C)C(=O)C2(CCCC2)NC(=O)[C@@H]2CCCN2C(=O)[C@H](CCc2ccc(C(F)(F)F)c(Cl)c2)NC(=O)CN(C)C(=O)[C@H](CC2CCCCC2)N(C)C(=O)[C@@H]2CCN2C(=O)[C@H](C)N(C)C1=O. The molecule has 0 radical (unpaired) electrons. The minimum atomic E-state index is -4.74. The number of nitrogens with one attached hydrogen (secondary N) is 4. The summed E-state index contributed by atoms with van der Waals surface area (Å²) >= 11 is 6.14. The molecule has 524 valence electrons. The van der Waals surface area contributed by atoms with Crippen molar-refractivity contribution in [3.63, 3.8) is 0 Å². The van der Waals surface area contributed by atoms with Gasteiger partial charge >= 0.3 is 6.18 Å². The van der Waals surface area contributed by atoms with Crippen molar-refractivity contribution in [1.29, 1.82) is 0 Å². The third-order valence-corrected chi connectivity index (χ3v) is 21.5. The number of nitrogens with zero attached hydrogens (tertiary/aromatic N) is 7. The zero-order valence-electron chi connectivity index (χ0n) is 57.0. The molecule has 1 aromatic carbocycles. The van der Waals surface area contributed by atoms with Crippen molar-refractivity contribution >= 4 is 76.6 Å². The van der Waals surface area contributed by atoms with Crippen LogP contribution in [0.15, 0.2) is 18.2 Å². The van der Waals surface area contributed by atoms with Crippen LogP contribution < -0.4 is 21.3 Å². The second-order valence-electron chi connectivity index (χ2n) is 28.2. The van der Waals surface area contributed by atoms with E-state index in [0.717, 1.165) is 68.4 Å². The molecule has 0 aromatic heterocycles. The van der Waals surface area contributed by atoms with Gasteiger partial charge in [0.1, 0.15) is 53.9 Å². The third kappa shape index (κ3) is 17.5. The van der Waals surface area contributed by atoms with Crippen LogP contribution in [0.1, 0.15) is 188 Å². The summed E-state index contributed by atoms with van der Waals surface area (Å²) in [5.74, 6) is -7.51. The Hall–Kier alpha value is -6.53. The standard InChI is InChI=1S/C68H103ClF3N11O11/c1-12-41(4)55-65(93)78(8)43(6)61(89)83-35-31-51(83)64(92)79(9)52(38-44-22-15-13-16-23-44)63(91)77(7)39-53(84)74-49(30-28-45-27-29-47(48(69)37-45)68(70,71)72)62(90)82-34-21-26-50(82)58(86)76-67(32-19-20-33-67)66(94)81(11)56(40(2)3)59(87)73-42(5)36-54(85)80(10)57(60(88)75-55)46-24-17-14-18-25-46/h27,29,37,40-44,46,49-52,55-57H,12-26,28,30-36,38-39H2,1-11H3,(H,73,87)(H,74,84)(H,75,88)(H,76,86)/t41-,42+,43-,49-,50-,51-,52-,55-,56-,57-/m0/s1. The smallest absolute Gasteiger partial charge is 0.351 e. The molecule has 10 atom stereocenters. The molecule has 26 heteroatoms. The number of aryl methyl sites for hydroxylation is 1. The van der Waals surface area contributed by atoms with Crippen LogP contribution in [0.3, 0.4) is 0 Å². The number of benzene rings is 1. The first kappa shape index (κ1) is 74.9. The highest BCUT2D eigenvalue weighted by molar-refractivity contribution is 6.31. The first-order chi connectivity index (χ1) is 44.3. The number of rotatable bonds is 9. The molecule has 3 heterocycles. The van der Waals surface area contributed by atoms with Crippen LogP contribution >= 0.6 is 11.6 Å². The van der Waals surface area contributed by atoms with Crippen molar-refractivity contribution in [3.8, 4) is 0 Å². The van der Waals surface area contributed by atoms with Gasteiger partial charge in [-0.1, -0.05) is 116 Å². The van der Waals surface area contributed by atoms with Gasteiger partial charge in [-0.15, -0.1) is 0 Å². The predicted molar refractivity (Wildman–Crippen MR) is 347 cm³/mol. The van der Waals surface area contributed by atoms with Crippen LogP contribution in [-0.4, -0.2) is 214 Å². The first-order valence-electron chi connectivity index (χ1n) is 34.3. The number of carbonyl (C=O) groups is 11. The van der Waals surface area contributed by atoms with Crippen molar-refractivity contribution < 1.29 is 65.9 Å². The van der Waals surface area contributed by atoms with E-state index in [0.29, 0.717) is 44.1 Å². The van der Waals surface area contributed by atoms with Gasteiger partial charge in [0, 0.05) is 60.8 Å². The highest BCUT2D eigenvalue weighted by atomic mass is 35.5. The van der Waals surface area contributed by atoms with E-state index in [1.807, 2.05) is 13.8 Å². The van der Waals surface area contributed by atoms with Gasteiger partial charge in [-0.3, -0.25) is 52.7 Å². The summed E-state index contributed by atoms with van der Waals surface area (Å²) < 4.78 is 41.4. The third-order valence-electron chi connectivity index (χ3n) is 21.2. The molecule has 4 N–H and O–H groups in total. The normalized spacial score (nSPS) is 28.9. The van der Waals surface area contributed by atoms with Crippen molar-refractivity contribution in [2.75, 3.05) is 54.9 Å². The lowest BCUT2D eigenvalue weighted by Gasteiger charge is -2.45. The molecule has 0 bridgehead atoms. The molecule has 3 saturated heterocycles. The Kier molecular flexibility index (Phi) is 25.9. The highest BCUT2D eigenvalue weighted by Crippen LogP contribution is 2.38. The first-order valence-corrected chi connectivity index (χ1v) is 34.7. The zero-order valence-corrected chi connectivity index (χ0v) is 57.8. The Bertz CT molecular complexity index is 2940. The molecule has 7 rings (SSSR count). The monoisotopic (exact) mass is 1340 g/mol. The van der Waals surface area contributed by atoms with Gasteiger partial charge in [-0.25, -0.2) is 0 Å². The maximum absolute atomic E-state index is 15.1. The molecule has 6 aliphatic rings. The number of likely N-dealkylation sites (N-methyl/N-ethyl adjacent to an activating group) is 5. The van der Waals surface area contributed by atoms with Crippen molar-refractivity contribution in [3.05, 3.63) is 34.3 Å². The number of halogens is 4. The van der Waals surface area contributed by atoms with Crippen molar-refractivity contribution in [2.45, 2.75) is 249 Å². The summed E-state index contributed by atoms with van der Waals surface area (Å²) in [6, 6.07) is -6.58. The van der Waals surface area contributed by atoms with Crippen LogP contribution in [0.25, 0.3) is 0 Å². The fraction of sp³-hybridized carbons (Fsp3) is 0.750. The van der Waals surface area contributed by atoms with Crippen molar-refractivity contribution in [1.82, 2.24) is 55.6 Å². The lowest BCUT2D eigenvalue weighted by atomic mass is 9.82. The minimum absolute atomic E-state index is 0.0404. The van der Waals surface area contributed by atoms with Gasteiger partial charge in [0.05, 0.1) is 17.1 Å². The maximum Gasteiger partial charge on any atom is 0.417 e. The summed E-state index contributed by atoms with van der Waals surface area (Å²) in [5.41, 5.74) is -2.24. The van der Waals surface area contributed by atoms with Gasteiger partial charge < -0.3 is 55.6 Å². The number of carbonyl (C=O) groups excluding carboxylic acids is 11. The average Bonchev–Trinajstić information content (AvgIpc) is 1.58. The molecule has 1 aromatic rings. The molecule has 0 unspecified atom stereocenters. The van der Waals surface area contributed by atoms with Gasteiger partial charge in [-0.2, -0.15) is 13.2 Å². The van der Waals surface area contributed by atoms with E-state index >= 15 is 9.59 Å². The van der Waals surface area contributed by atoms with Gasteiger partial charge in [-0.05, 0) is 119 Å². The summed E-state index contributed by atoms with van der Waals surface area (Å²) in [4.78, 5) is 172. The molecule has 94 heavy (non-hydrogen) atoms. The lowest BCUT2D eigenvalue weighted by molar-refractivity contribution is -0.160. The highest BCUT2D eigenvalue weighted by Gasteiger charge is 2.51. The minimum Gasteiger partial charge on any atom is -0.351 e. The van der Waals surface area contributed by atoms with E-state index in [2.05, 4.69) is 21.3 Å². The van der Waals surface area contributed by atoms with E-state index in [-0.39, 0.29) is 76.3 Å². The Morgan fingerprint density at radius 3 is 1.85 bits per heavy atom. The fourth-order valence-corrected chi connectivity index (χ4v) is 15.5. The Morgan fingerprint density at radius 1 is 0.638 bits per heavy atom. The van der Waals surface area contributed by atoms with E-state index in [1.54, 1.807) is 34.7 Å². The van der Waals surface area contributed by atoms with Crippen LogP contribution in [0.5, 0.6) is 0 Å². The Labute approximate surface area is 557 Å². The molecule has 3 aliphatic heterocycles. The molecule has 6 fully saturated rings. The Morgan fingerprint density at radius 2 is 1.27 bits per heavy atom. The maximum atomic E-state index is 15.1. The summed E-state index contributed by atoms with van der Waals surface area (Å²) in [5, 5.41) is 11.2. The number of amides is 11. The quantitative estimate of drug-likeness (QED) is 0.216. The predicted octanol–water partition coefficient (Wildman–Crippen LogP) is 6.23. The van der Waals surface area contributed by atoms with E-state index < -0.39 is 160 Å². The number of hydrogen-bond acceptors (Lipinski definition) is 11. The number of fused-ring (bicyclic) bond motifs is 2. The van der Waals surface area contributed by atoms with E-state index in [4.69, 9.17) is 11.6 Å². The molecule has 11 amide bonds. The molecule has 1 spiro atoms. The molecular weight excluding hydrogens is 1240 g/mol. The van der Waals surface area contributed by atoms with Crippen LogP contribution in [0.4, 0.5) is 13.2 Å². The topological polar surface area (TPSA) is 259 Å². The Balaban J connectivity index is 1.24. The largest absolute Gasteiger partial charge is 0.417 e. The second kappa shape index (κ2) is 32.5. The number of hydrogen-bond donors (Lipinski definition) is 4. The summed E-state index contributed by atoms with van der Waals surface area (Å²) in [6.45, 7) is 10.1. The van der Waals surface area contributed by atoms with Crippen molar-refractivity contribution in [2.24, 2.45) is 23.7 Å². The summed E-state index contributed by atoms with van der Waals surface area (Å²) in [7, 11) is 7.40. The number of alkyl halides is 3. The molecule has 3 aliphatic carbocycles. The molecular formula is C68H103ClF3N11O11. The van der Waals surface area contributed by atoms with Gasteiger partial charge in [0.25, 0.3) is 0 Å². The molecule has 22 nitrogen and oxygen atoms in total. The fourth-order valence-electron chi connectivity index (χ4n) is 15.2. The van der Waals surface area contributed by atoms with E-state index in [1.165, 1.54) is 63.7 Å².